The molecule has 88 valence electrons. The van der Waals surface area contributed by atoms with Crippen LogP contribution >= 0.6 is 0 Å². The third kappa shape index (κ3) is 2.96. The van der Waals surface area contributed by atoms with Crippen LogP contribution in [0, 0.1) is 0 Å². The number of rotatable bonds is 4. The van der Waals surface area contributed by atoms with Crippen molar-refractivity contribution in [3.8, 4) is 11.5 Å². The van der Waals surface area contributed by atoms with E-state index in [-0.39, 0.29) is 0 Å². The molecule has 0 aliphatic carbocycles. The number of hydrogen-bond donors (Lipinski definition) is 2. The van der Waals surface area contributed by atoms with E-state index in [1.807, 2.05) is 48.5 Å². The molecule has 0 radical (unpaired) electrons. The van der Waals surface area contributed by atoms with Crippen molar-refractivity contribution in [2.75, 3.05) is 0 Å². The van der Waals surface area contributed by atoms with Crippen molar-refractivity contribution in [1.82, 2.24) is 0 Å². The first-order valence-corrected chi connectivity index (χ1v) is 5.23. The minimum Gasteiger partial charge on any atom is -0.412 e. The van der Waals surface area contributed by atoms with Crippen molar-refractivity contribution >= 4 is 0 Å². The molecule has 0 spiro atoms. The predicted molar refractivity (Wildman–Crippen MR) is 65.3 cm³/mol. The fraction of sp³-hybridized carbons (Fsp3) is 0.0769. The minimum absolute atomic E-state index is 0.653. The maximum Gasteiger partial charge on any atom is 0.146 e. The average Bonchev–Trinajstić information content (AvgIpc) is 2.40. The van der Waals surface area contributed by atoms with Crippen LogP contribution < -0.4 is 21.5 Å². The lowest BCUT2D eigenvalue weighted by Crippen LogP contribution is -2.02. The van der Waals surface area contributed by atoms with Crippen molar-refractivity contribution in [2.24, 2.45) is 11.8 Å². The van der Waals surface area contributed by atoms with Gasteiger partial charge in [-0.2, -0.15) is 11.8 Å². The van der Waals surface area contributed by atoms with Crippen LogP contribution in [0.1, 0.15) is 11.1 Å². The van der Waals surface area contributed by atoms with Gasteiger partial charge in [0.1, 0.15) is 11.5 Å². The largest absolute Gasteiger partial charge is 0.412 e. The molecule has 0 saturated carbocycles. The average molecular weight is 230 g/mol. The van der Waals surface area contributed by atoms with Crippen LogP contribution in [0.4, 0.5) is 0 Å². The molecular weight excluding hydrogens is 216 g/mol. The monoisotopic (exact) mass is 230 g/mol. The molecule has 0 amide bonds. The highest BCUT2D eigenvalue weighted by molar-refractivity contribution is 5.33. The van der Waals surface area contributed by atoms with Gasteiger partial charge in [-0.25, -0.2) is 0 Å². The van der Waals surface area contributed by atoms with Gasteiger partial charge < -0.3 is 9.68 Å². The van der Waals surface area contributed by atoms with Crippen LogP contribution in [-0.2, 0) is 6.42 Å². The first-order chi connectivity index (χ1) is 8.31. The Labute approximate surface area is 99.7 Å². The van der Waals surface area contributed by atoms with Crippen molar-refractivity contribution in [3.05, 3.63) is 59.7 Å². The van der Waals surface area contributed by atoms with Gasteiger partial charge in [0.25, 0.3) is 0 Å². The van der Waals surface area contributed by atoms with Crippen LogP contribution in [0.25, 0.3) is 0 Å². The topological polar surface area (TPSA) is 70.5 Å². The SMILES string of the molecule is NOc1ccc(Cc2ccc(ON)cc2)cc1. The molecular formula is C13H14N2O2. The lowest BCUT2D eigenvalue weighted by atomic mass is 10.1. The van der Waals surface area contributed by atoms with E-state index in [1.165, 1.54) is 11.1 Å². The van der Waals surface area contributed by atoms with Gasteiger partial charge in [-0.1, -0.05) is 24.3 Å². The smallest absolute Gasteiger partial charge is 0.146 e. The third-order valence-electron chi connectivity index (χ3n) is 2.53. The second-order valence-corrected chi connectivity index (χ2v) is 3.70. The first kappa shape index (κ1) is 11.4. The van der Waals surface area contributed by atoms with E-state index >= 15 is 0 Å². The zero-order chi connectivity index (χ0) is 12.1. The van der Waals surface area contributed by atoms with Crippen molar-refractivity contribution in [3.63, 3.8) is 0 Å². The molecule has 0 aliphatic heterocycles. The van der Waals surface area contributed by atoms with Gasteiger partial charge >= 0.3 is 0 Å². The van der Waals surface area contributed by atoms with Crippen LogP contribution in [0.3, 0.4) is 0 Å². The van der Waals surface area contributed by atoms with E-state index in [9.17, 15) is 0 Å². The Kier molecular flexibility index (Phi) is 3.59. The first-order valence-electron chi connectivity index (χ1n) is 5.23. The summed E-state index contributed by atoms with van der Waals surface area (Å²) in [5.41, 5.74) is 2.37. The van der Waals surface area contributed by atoms with Gasteiger partial charge in [-0.3, -0.25) is 0 Å². The summed E-state index contributed by atoms with van der Waals surface area (Å²) in [6, 6.07) is 15.3. The summed E-state index contributed by atoms with van der Waals surface area (Å²) in [6.45, 7) is 0. The van der Waals surface area contributed by atoms with E-state index in [2.05, 4.69) is 9.68 Å². The number of benzene rings is 2. The van der Waals surface area contributed by atoms with Crippen molar-refractivity contribution < 1.29 is 9.68 Å². The molecule has 2 rings (SSSR count). The molecule has 0 bridgehead atoms. The minimum atomic E-state index is 0.653. The molecule has 2 aromatic rings. The van der Waals surface area contributed by atoms with Gasteiger partial charge in [-0.05, 0) is 41.8 Å². The molecule has 0 saturated heterocycles. The zero-order valence-electron chi connectivity index (χ0n) is 9.30. The molecule has 4 nitrogen and oxygen atoms in total. The number of nitrogens with two attached hydrogens (primary N) is 2. The second-order valence-electron chi connectivity index (χ2n) is 3.70. The van der Waals surface area contributed by atoms with Gasteiger partial charge in [0.15, 0.2) is 0 Å². The van der Waals surface area contributed by atoms with Crippen LogP contribution in [-0.4, -0.2) is 0 Å². The van der Waals surface area contributed by atoms with E-state index in [0.29, 0.717) is 11.5 Å². The molecule has 0 heterocycles. The summed E-state index contributed by atoms with van der Waals surface area (Å²) in [5.74, 6) is 11.4. The highest BCUT2D eigenvalue weighted by atomic mass is 16.6. The maximum atomic E-state index is 5.06. The van der Waals surface area contributed by atoms with E-state index in [4.69, 9.17) is 11.8 Å². The van der Waals surface area contributed by atoms with Crippen LogP contribution in [0.2, 0.25) is 0 Å². The van der Waals surface area contributed by atoms with Gasteiger partial charge in [-0.15, -0.1) is 0 Å². The molecule has 0 fully saturated rings. The van der Waals surface area contributed by atoms with Crippen molar-refractivity contribution in [1.29, 1.82) is 0 Å². The third-order valence-corrected chi connectivity index (χ3v) is 2.53. The molecule has 4 heteroatoms. The van der Waals surface area contributed by atoms with Gasteiger partial charge in [0, 0.05) is 0 Å². The van der Waals surface area contributed by atoms with Gasteiger partial charge in [0.05, 0.1) is 0 Å². The maximum absolute atomic E-state index is 5.06. The second kappa shape index (κ2) is 5.34. The Morgan fingerprint density at radius 2 is 1.00 bits per heavy atom. The molecule has 2 aromatic carbocycles. The Morgan fingerprint density at radius 1 is 0.647 bits per heavy atom. The molecule has 0 unspecified atom stereocenters. The zero-order valence-corrected chi connectivity index (χ0v) is 9.30. The highest BCUT2D eigenvalue weighted by Crippen LogP contribution is 2.16. The van der Waals surface area contributed by atoms with Gasteiger partial charge in [0.2, 0.25) is 0 Å². The molecule has 4 N–H and O–H groups in total. The van der Waals surface area contributed by atoms with Crippen LogP contribution in [0.5, 0.6) is 11.5 Å². The molecule has 0 atom stereocenters. The Balaban J connectivity index is 2.08. The molecule has 0 aromatic heterocycles. The summed E-state index contributed by atoms with van der Waals surface area (Å²) < 4.78 is 0. The van der Waals surface area contributed by atoms with Crippen molar-refractivity contribution in [2.45, 2.75) is 6.42 Å². The summed E-state index contributed by atoms with van der Waals surface area (Å²) in [4.78, 5) is 9.24. The van der Waals surface area contributed by atoms with E-state index in [1.54, 1.807) is 0 Å². The highest BCUT2D eigenvalue weighted by Gasteiger charge is 1.98. The Hall–Kier alpha value is -2.04. The summed E-state index contributed by atoms with van der Waals surface area (Å²) >= 11 is 0. The van der Waals surface area contributed by atoms with E-state index in [0.717, 1.165) is 6.42 Å². The molecule has 17 heavy (non-hydrogen) atoms. The fourth-order valence-electron chi connectivity index (χ4n) is 1.61. The predicted octanol–water partition coefficient (Wildman–Crippen LogP) is 1.78. The fourth-order valence-corrected chi connectivity index (χ4v) is 1.61. The standard InChI is InChI=1S/C13H14N2O2/c14-16-12-5-1-10(2-6-12)9-11-3-7-13(17-15)8-4-11/h1-8H,9,14-15H2. The van der Waals surface area contributed by atoms with E-state index < -0.39 is 0 Å². The lowest BCUT2D eigenvalue weighted by molar-refractivity contribution is 0.334. The van der Waals surface area contributed by atoms with Crippen LogP contribution in [0.15, 0.2) is 48.5 Å². The Bertz CT molecular complexity index is 420. The summed E-state index contributed by atoms with van der Waals surface area (Å²) in [5, 5.41) is 0. The lowest BCUT2D eigenvalue weighted by Gasteiger charge is -2.04. The Morgan fingerprint density at radius 3 is 1.29 bits per heavy atom. The summed E-state index contributed by atoms with van der Waals surface area (Å²) in [7, 11) is 0. The summed E-state index contributed by atoms with van der Waals surface area (Å²) in [6.07, 6.45) is 0.843. The number of hydrogen-bond acceptors (Lipinski definition) is 4. The molecule has 0 aliphatic rings. The quantitative estimate of drug-likeness (QED) is 0.785. The normalized spacial score (nSPS) is 10.0.